The molecule has 210 valence electrons. The van der Waals surface area contributed by atoms with Gasteiger partial charge in [-0.05, 0) is 45.3 Å². The van der Waals surface area contributed by atoms with Crippen LogP contribution in [0, 0.1) is 5.82 Å². The lowest BCUT2D eigenvalue weighted by Crippen LogP contribution is -2.21. The third-order valence-electron chi connectivity index (χ3n) is 4.71. The Morgan fingerprint density at radius 1 is 1.11 bits per heavy atom. The first-order chi connectivity index (χ1) is 17.9. The highest BCUT2D eigenvalue weighted by Gasteiger charge is 2.22. The number of hydrogen-bond acceptors (Lipinski definition) is 6. The van der Waals surface area contributed by atoms with Crippen LogP contribution in [0.25, 0.3) is 5.70 Å². The van der Waals surface area contributed by atoms with Crippen LogP contribution in [0.15, 0.2) is 48.0 Å². The lowest BCUT2D eigenvalue weighted by Gasteiger charge is -2.16. The molecule has 2 rings (SSSR count). The highest BCUT2D eigenvalue weighted by atomic mass is 35.6. The van der Waals surface area contributed by atoms with E-state index in [1.165, 1.54) is 18.9 Å². The minimum atomic E-state index is -1.70. The van der Waals surface area contributed by atoms with Gasteiger partial charge in [-0.2, -0.15) is 0 Å². The summed E-state index contributed by atoms with van der Waals surface area (Å²) in [7, 11) is 3.85. The highest BCUT2D eigenvalue weighted by molar-refractivity contribution is 6.67. The van der Waals surface area contributed by atoms with Crippen molar-refractivity contribution in [3.63, 3.8) is 0 Å². The van der Waals surface area contributed by atoms with Crippen molar-refractivity contribution in [1.29, 1.82) is 0 Å². The van der Waals surface area contributed by atoms with E-state index in [-0.39, 0.29) is 5.56 Å². The summed E-state index contributed by atoms with van der Waals surface area (Å²) in [5, 5.41) is 5.56. The van der Waals surface area contributed by atoms with Crippen molar-refractivity contribution in [3.05, 3.63) is 54.4 Å². The van der Waals surface area contributed by atoms with Gasteiger partial charge in [0.25, 0.3) is 0 Å². The van der Waals surface area contributed by atoms with E-state index in [1.54, 1.807) is 43.5 Å². The Hall–Kier alpha value is -2.52. The van der Waals surface area contributed by atoms with Crippen molar-refractivity contribution in [2.24, 2.45) is 4.99 Å². The maximum absolute atomic E-state index is 15.0. The van der Waals surface area contributed by atoms with Gasteiger partial charge in [-0.25, -0.2) is 9.18 Å². The first kappa shape index (κ1) is 33.5. The van der Waals surface area contributed by atoms with Gasteiger partial charge in [0.2, 0.25) is 3.79 Å². The summed E-state index contributed by atoms with van der Waals surface area (Å²) < 4.78 is 23.7. The van der Waals surface area contributed by atoms with Crippen molar-refractivity contribution in [2.75, 3.05) is 44.5 Å². The second-order valence-corrected chi connectivity index (χ2v) is 10.9. The quantitative estimate of drug-likeness (QED) is 0.204. The molecule has 0 aliphatic rings. The number of likely N-dealkylation sites (N-methyl/N-ethyl adjacent to an activating group) is 1. The maximum Gasteiger partial charge on any atom is 0.411 e. The molecule has 1 amide bonds. The number of unbranched alkanes of at least 4 members (excludes halogenated alkanes) is 1. The minimum Gasteiger partial charge on any atom is -0.492 e. The predicted octanol–water partition coefficient (Wildman–Crippen LogP) is 8.30. The van der Waals surface area contributed by atoms with Crippen LogP contribution in [0.3, 0.4) is 0 Å². The maximum atomic E-state index is 15.0. The average molecular weight is 590 g/mol. The molecule has 0 aromatic heterocycles. The van der Waals surface area contributed by atoms with E-state index < -0.39 is 22.3 Å². The molecule has 0 spiro atoms. The topological polar surface area (TPSA) is 75.2 Å². The van der Waals surface area contributed by atoms with Crippen LogP contribution >= 0.6 is 34.8 Å². The SMILES string of the molecule is C=C(Nc1ccc(NC(=O)OCC(Cl)(Cl)Cl)cc1)c1c(F)cc(OCCN(C)C)cc1N=CC.CCCC. The van der Waals surface area contributed by atoms with Crippen molar-refractivity contribution in [2.45, 2.75) is 37.4 Å². The van der Waals surface area contributed by atoms with E-state index in [0.717, 1.165) is 0 Å². The van der Waals surface area contributed by atoms with Crippen LogP contribution in [0.2, 0.25) is 0 Å². The summed E-state index contributed by atoms with van der Waals surface area (Å²) >= 11 is 16.6. The van der Waals surface area contributed by atoms with Crippen LogP contribution in [-0.2, 0) is 4.74 Å². The van der Waals surface area contributed by atoms with Gasteiger partial charge in [0.05, 0.1) is 11.3 Å². The van der Waals surface area contributed by atoms with E-state index >= 15 is 0 Å². The number of halogens is 4. The summed E-state index contributed by atoms with van der Waals surface area (Å²) in [5.74, 6) is -0.135. The molecule has 0 atom stereocenters. The Bertz CT molecular complexity index is 1060. The molecule has 2 N–H and O–H groups in total. The molecule has 0 fully saturated rings. The van der Waals surface area contributed by atoms with Crippen molar-refractivity contribution >= 4 is 69.9 Å². The number of rotatable bonds is 11. The Morgan fingerprint density at radius 3 is 2.18 bits per heavy atom. The van der Waals surface area contributed by atoms with Gasteiger partial charge in [0.15, 0.2) is 0 Å². The van der Waals surface area contributed by atoms with Crippen molar-refractivity contribution in [1.82, 2.24) is 4.90 Å². The highest BCUT2D eigenvalue weighted by Crippen LogP contribution is 2.33. The number of anilines is 2. The largest absolute Gasteiger partial charge is 0.492 e. The summed E-state index contributed by atoms with van der Waals surface area (Å²) in [5.41, 5.74) is 1.97. The van der Waals surface area contributed by atoms with Gasteiger partial charge < -0.3 is 19.7 Å². The molecule has 38 heavy (non-hydrogen) atoms. The van der Waals surface area contributed by atoms with Gasteiger partial charge in [0.1, 0.15) is 24.8 Å². The number of hydrogen-bond donors (Lipinski definition) is 2. The average Bonchev–Trinajstić information content (AvgIpc) is 2.83. The van der Waals surface area contributed by atoms with Crippen molar-refractivity contribution < 1.29 is 18.7 Å². The second-order valence-electron chi connectivity index (χ2n) is 8.34. The standard InChI is InChI=1S/C23H26Cl3FN4O3.C4H10/c1-5-28-20-13-18(33-11-10-31(3)4)12-19(27)21(20)15(2)29-16-6-8-17(9-7-16)30-22(32)34-14-23(24,25)26;1-3-4-2/h5-9,12-13,29H,2,10-11,14H2,1,3-4H3,(H,30,32);3-4H2,1-2H3. The fraction of sp³-hybridized carbons (Fsp3) is 0.407. The van der Waals surface area contributed by atoms with E-state index in [1.807, 2.05) is 19.0 Å². The number of carbonyl (C=O) groups is 1. The fourth-order valence-electron chi connectivity index (χ4n) is 2.71. The Kier molecular flexibility index (Phi) is 15.1. The Labute approximate surface area is 239 Å². The second kappa shape index (κ2) is 17.1. The van der Waals surface area contributed by atoms with Crippen LogP contribution in [0.1, 0.15) is 39.2 Å². The molecule has 0 unspecified atom stereocenters. The molecule has 7 nitrogen and oxygen atoms in total. The van der Waals surface area contributed by atoms with Gasteiger partial charge in [-0.1, -0.05) is 68.1 Å². The molecular formula is C27H36Cl3FN4O3. The van der Waals surface area contributed by atoms with E-state index in [2.05, 4.69) is 36.1 Å². The zero-order valence-corrected chi connectivity index (χ0v) is 24.7. The van der Waals surface area contributed by atoms with Crippen LogP contribution < -0.4 is 15.4 Å². The Balaban J connectivity index is 0.00000168. The first-order valence-electron chi connectivity index (χ1n) is 12.1. The molecule has 2 aromatic carbocycles. The van der Waals surface area contributed by atoms with Crippen LogP contribution in [0.5, 0.6) is 5.75 Å². The number of benzene rings is 2. The smallest absolute Gasteiger partial charge is 0.411 e. The number of amides is 1. The number of aliphatic imine (C=N–C) groups is 1. The number of carbonyl (C=O) groups excluding carboxylic acids is 1. The summed E-state index contributed by atoms with van der Waals surface area (Å²) in [4.78, 5) is 18.0. The summed E-state index contributed by atoms with van der Waals surface area (Å²) in [6.07, 6.45) is 3.44. The minimum absolute atomic E-state index is 0.218. The number of ether oxygens (including phenoxy) is 2. The predicted molar refractivity (Wildman–Crippen MR) is 159 cm³/mol. The molecule has 0 bridgehead atoms. The molecular weight excluding hydrogens is 554 g/mol. The van der Waals surface area contributed by atoms with E-state index in [9.17, 15) is 9.18 Å². The van der Waals surface area contributed by atoms with Gasteiger partial charge in [-0.15, -0.1) is 0 Å². The molecule has 0 aliphatic heterocycles. The first-order valence-corrected chi connectivity index (χ1v) is 13.2. The number of nitrogens with one attached hydrogen (secondary N) is 2. The lowest BCUT2D eigenvalue weighted by molar-refractivity contribution is 0.164. The molecule has 0 radical (unpaired) electrons. The molecule has 2 aromatic rings. The molecule has 0 saturated heterocycles. The van der Waals surface area contributed by atoms with Gasteiger partial charge in [0, 0.05) is 42.0 Å². The van der Waals surface area contributed by atoms with Gasteiger partial charge >= 0.3 is 6.09 Å². The molecule has 0 aliphatic carbocycles. The molecule has 0 heterocycles. The zero-order chi connectivity index (χ0) is 28.7. The normalized spacial score (nSPS) is 11.1. The fourth-order valence-corrected chi connectivity index (χ4v) is 2.88. The number of nitrogens with zero attached hydrogens (tertiary/aromatic N) is 2. The third-order valence-corrected chi connectivity index (χ3v) is 5.04. The van der Waals surface area contributed by atoms with Crippen LogP contribution in [-0.4, -0.2) is 54.9 Å². The third kappa shape index (κ3) is 13.3. The van der Waals surface area contributed by atoms with Crippen LogP contribution in [0.4, 0.5) is 26.2 Å². The number of alkyl halides is 3. The van der Waals surface area contributed by atoms with E-state index in [0.29, 0.717) is 41.7 Å². The Morgan fingerprint density at radius 2 is 1.68 bits per heavy atom. The van der Waals surface area contributed by atoms with Crippen molar-refractivity contribution in [3.8, 4) is 5.75 Å². The summed E-state index contributed by atoms with van der Waals surface area (Å²) in [6.45, 7) is 10.8. The molecule has 11 heteroatoms. The lowest BCUT2D eigenvalue weighted by atomic mass is 10.1. The zero-order valence-electron chi connectivity index (χ0n) is 22.4. The van der Waals surface area contributed by atoms with E-state index in [4.69, 9.17) is 44.3 Å². The molecule has 0 saturated carbocycles. The monoisotopic (exact) mass is 588 g/mol. The van der Waals surface area contributed by atoms with Gasteiger partial charge in [-0.3, -0.25) is 10.3 Å². The summed E-state index contributed by atoms with van der Waals surface area (Å²) in [6, 6.07) is 9.56.